The molecular weight excluding hydrogens is 202 g/mol. The first-order valence-electron chi connectivity index (χ1n) is 5.31. The number of hydrogen-bond donors (Lipinski definition) is 0. The van der Waals surface area contributed by atoms with Gasteiger partial charge in [0.05, 0.1) is 12.6 Å². The summed E-state index contributed by atoms with van der Waals surface area (Å²) in [4.78, 5) is 14.2. The van der Waals surface area contributed by atoms with Crippen LogP contribution < -0.4 is 4.74 Å². The van der Waals surface area contributed by atoms with E-state index in [1.165, 1.54) is 5.56 Å². The van der Waals surface area contributed by atoms with Crippen molar-refractivity contribution in [1.82, 2.24) is 0 Å². The molecule has 0 radical (unpaired) electrons. The lowest BCUT2D eigenvalue weighted by Crippen LogP contribution is -2.15. The van der Waals surface area contributed by atoms with E-state index in [-0.39, 0.29) is 0 Å². The maximum Gasteiger partial charge on any atom is 0.235 e. The number of isocyanates is 1. The third kappa shape index (κ3) is 2.50. The van der Waals surface area contributed by atoms with Gasteiger partial charge in [0.2, 0.25) is 6.08 Å². The second kappa shape index (κ2) is 4.95. The summed E-state index contributed by atoms with van der Waals surface area (Å²) >= 11 is 0. The van der Waals surface area contributed by atoms with Crippen LogP contribution in [0.1, 0.15) is 31.9 Å². The monoisotopic (exact) mass is 219 g/mol. The number of ether oxygens (including phenoxy) is 1. The molecular formula is C13H17NO2. The van der Waals surface area contributed by atoms with Gasteiger partial charge in [-0.25, -0.2) is 4.79 Å². The van der Waals surface area contributed by atoms with Crippen LogP contribution in [0.4, 0.5) is 0 Å². The van der Waals surface area contributed by atoms with Crippen LogP contribution in [0.5, 0.6) is 5.75 Å². The van der Waals surface area contributed by atoms with Gasteiger partial charge in [0.25, 0.3) is 0 Å². The van der Waals surface area contributed by atoms with Crippen molar-refractivity contribution in [3.63, 3.8) is 0 Å². The molecule has 3 nitrogen and oxygen atoms in total. The number of benzene rings is 1. The number of aliphatic imine (C=N–C) groups is 1. The Morgan fingerprint density at radius 3 is 2.62 bits per heavy atom. The SMILES string of the molecule is CCc1ccc(OC)c(C(C)(C)N=C=O)c1. The molecule has 0 saturated carbocycles. The molecule has 0 aliphatic carbocycles. The van der Waals surface area contributed by atoms with Gasteiger partial charge in [-0.2, -0.15) is 4.99 Å². The van der Waals surface area contributed by atoms with Crippen LogP contribution in [0.25, 0.3) is 0 Å². The van der Waals surface area contributed by atoms with Crippen LogP contribution >= 0.6 is 0 Å². The Hall–Kier alpha value is -1.60. The van der Waals surface area contributed by atoms with Crippen molar-refractivity contribution in [3.05, 3.63) is 29.3 Å². The second-order valence-corrected chi connectivity index (χ2v) is 4.15. The number of hydrogen-bond acceptors (Lipinski definition) is 3. The smallest absolute Gasteiger partial charge is 0.235 e. The van der Waals surface area contributed by atoms with E-state index in [0.717, 1.165) is 17.7 Å². The van der Waals surface area contributed by atoms with Gasteiger partial charge in [0.1, 0.15) is 5.75 Å². The maximum absolute atomic E-state index is 10.4. The lowest BCUT2D eigenvalue weighted by molar-refractivity contribution is 0.394. The minimum atomic E-state index is -0.599. The topological polar surface area (TPSA) is 38.7 Å². The van der Waals surface area contributed by atoms with Gasteiger partial charge in [0, 0.05) is 5.56 Å². The molecule has 86 valence electrons. The molecule has 1 rings (SSSR count). The molecule has 0 unspecified atom stereocenters. The quantitative estimate of drug-likeness (QED) is 0.577. The summed E-state index contributed by atoms with van der Waals surface area (Å²) in [5, 5.41) is 0. The molecule has 16 heavy (non-hydrogen) atoms. The third-order valence-corrected chi connectivity index (χ3v) is 2.66. The summed E-state index contributed by atoms with van der Waals surface area (Å²) in [6.07, 6.45) is 2.56. The van der Waals surface area contributed by atoms with Gasteiger partial charge in [-0.1, -0.05) is 13.0 Å². The summed E-state index contributed by atoms with van der Waals surface area (Å²) in [5.41, 5.74) is 1.51. The average molecular weight is 219 g/mol. The van der Waals surface area contributed by atoms with Crippen molar-refractivity contribution in [3.8, 4) is 5.75 Å². The highest BCUT2D eigenvalue weighted by molar-refractivity contribution is 5.45. The van der Waals surface area contributed by atoms with Crippen molar-refractivity contribution in [1.29, 1.82) is 0 Å². The van der Waals surface area contributed by atoms with E-state index in [1.54, 1.807) is 13.2 Å². The molecule has 0 spiro atoms. The minimum absolute atomic E-state index is 0.599. The molecule has 0 fully saturated rings. The van der Waals surface area contributed by atoms with Gasteiger partial charge in [-0.3, -0.25) is 0 Å². The molecule has 0 bridgehead atoms. The molecule has 0 aliphatic rings. The fourth-order valence-electron chi connectivity index (χ4n) is 1.63. The summed E-state index contributed by atoms with van der Waals surface area (Å²) in [7, 11) is 1.62. The standard InChI is InChI=1S/C13H17NO2/c1-5-10-6-7-12(16-4)11(8-10)13(2,3)14-9-15/h6-8H,5H2,1-4H3. The molecule has 0 saturated heterocycles. The molecule has 1 aromatic rings. The largest absolute Gasteiger partial charge is 0.496 e. The minimum Gasteiger partial charge on any atom is -0.496 e. The maximum atomic E-state index is 10.4. The molecule has 0 atom stereocenters. The molecule has 3 heteroatoms. The fourth-order valence-corrected chi connectivity index (χ4v) is 1.63. The molecule has 0 N–H and O–H groups in total. The highest BCUT2D eigenvalue weighted by Crippen LogP contribution is 2.33. The Labute approximate surface area is 96.2 Å². The Morgan fingerprint density at radius 2 is 2.12 bits per heavy atom. The first-order chi connectivity index (χ1) is 7.55. The highest BCUT2D eigenvalue weighted by atomic mass is 16.5. The molecule has 0 aliphatic heterocycles. The van der Waals surface area contributed by atoms with Crippen LogP contribution in [0, 0.1) is 0 Å². The number of nitrogens with zero attached hydrogens (tertiary/aromatic N) is 1. The van der Waals surface area contributed by atoms with Gasteiger partial charge >= 0.3 is 0 Å². The molecule has 1 aromatic carbocycles. The zero-order chi connectivity index (χ0) is 12.2. The number of aryl methyl sites for hydroxylation is 1. The van der Waals surface area contributed by atoms with Crippen LogP contribution in [-0.4, -0.2) is 13.2 Å². The lowest BCUT2D eigenvalue weighted by Gasteiger charge is -2.21. The predicted molar refractivity (Wildman–Crippen MR) is 63.5 cm³/mol. The van der Waals surface area contributed by atoms with E-state index in [4.69, 9.17) is 4.74 Å². The Morgan fingerprint density at radius 1 is 1.44 bits per heavy atom. The first-order valence-corrected chi connectivity index (χ1v) is 5.31. The van der Waals surface area contributed by atoms with Gasteiger partial charge in [-0.15, -0.1) is 0 Å². The van der Waals surface area contributed by atoms with Crippen LogP contribution in [0.2, 0.25) is 0 Å². The van der Waals surface area contributed by atoms with Crippen molar-refractivity contribution in [2.45, 2.75) is 32.7 Å². The van der Waals surface area contributed by atoms with Gasteiger partial charge in [-0.05, 0) is 38.0 Å². The Kier molecular flexibility index (Phi) is 3.86. The normalized spacial score (nSPS) is 10.8. The van der Waals surface area contributed by atoms with Gasteiger partial charge < -0.3 is 4.74 Å². The molecule has 0 heterocycles. The second-order valence-electron chi connectivity index (χ2n) is 4.15. The highest BCUT2D eigenvalue weighted by Gasteiger charge is 2.23. The molecule has 0 aromatic heterocycles. The van der Waals surface area contributed by atoms with Gasteiger partial charge in [0.15, 0.2) is 0 Å². The Balaban J connectivity index is 3.33. The number of carbonyl (C=O) groups excluding carboxylic acids is 1. The summed E-state index contributed by atoms with van der Waals surface area (Å²) in [5.74, 6) is 0.751. The van der Waals surface area contributed by atoms with E-state index >= 15 is 0 Å². The van der Waals surface area contributed by atoms with E-state index in [2.05, 4.69) is 11.9 Å². The average Bonchev–Trinajstić information content (AvgIpc) is 2.28. The summed E-state index contributed by atoms with van der Waals surface area (Å²) < 4.78 is 5.29. The van der Waals surface area contributed by atoms with Crippen molar-refractivity contribution in [2.24, 2.45) is 4.99 Å². The van der Waals surface area contributed by atoms with E-state index in [1.807, 2.05) is 32.0 Å². The summed E-state index contributed by atoms with van der Waals surface area (Å²) in [6.45, 7) is 5.83. The Bertz CT molecular complexity index is 418. The zero-order valence-corrected chi connectivity index (χ0v) is 10.2. The van der Waals surface area contributed by atoms with Crippen molar-refractivity contribution >= 4 is 6.08 Å². The molecule has 0 amide bonds. The lowest BCUT2D eigenvalue weighted by atomic mass is 9.92. The fraction of sp³-hybridized carbons (Fsp3) is 0.462. The zero-order valence-electron chi connectivity index (χ0n) is 10.2. The first kappa shape index (κ1) is 12.5. The number of methoxy groups -OCH3 is 1. The van der Waals surface area contributed by atoms with E-state index in [0.29, 0.717) is 0 Å². The predicted octanol–water partition coefficient (Wildman–Crippen LogP) is 2.83. The van der Waals surface area contributed by atoms with Crippen molar-refractivity contribution < 1.29 is 9.53 Å². The van der Waals surface area contributed by atoms with Crippen LogP contribution in [0.3, 0.4) is 0 Å². The number of rotatable bonds is 4. The summed E-state index contributed by atoms with van der Waals surface area (Å²) in [6, 6.07) is 5.96. The third-order valence-electron chi connectivity index (χ3n) is 2.66. The van der Waals surface area contributed by atoms with E-state index in [9.17, 15) is 4.79 Å². The van der Waals surface area contributed by atoms with Crippen molar-refractivity contribution in [2.75, 3.05) is 7.11 Å². The van der Waals surface area contributed by atoms with Crippen LogP contribution in [-0.2, 0) is 16.8 Å². The van der Waals surface area contributed by atoms with Crippen LogP contribution in [0.15, 0.2) is 23.2 Å². The van der Waals surface area contributed by atoms with E-state index < -0.39 is 5.54 Å².